The van der Waals surface area contributed by atoms with Crippen LogP contribution in [-0.2, 0) is 17.6 Å². The van der Waals surface area contributed by atoms with Crippen LogP contribution in [0.3, 0.4) is 0 Å². The predicted octanol–water partition coefficient (Wildman–Crippen LogP) is 4.67. The van der Waals surface area contributed by atoms with Crippen molar-refractivity contribution in [3.63, 3.8) is 0 Å². The number of benzene rings is 2. The average molecular weight is 417 g/mol. The molecule has 0 spiro atoms. The molecule has 2 heterocycles. The summed E-state index contributed by atoms with van der Waals surface area (Å²) in [5, 5.41) is 4.72. The highest BCUT2D eigenvalue weighted by molar-refractivity contribution is 8.00. The van der Waals surface area contributed by atoms with E-state index in [1.807, 2.05) is 40.9 Å². The Balaban J connectivity index is 1.35. The molecule has 1 N–H and O–H groups in total. The Morgan fingerprint density at radius 2 is 2.04 bits per heavy atom. The van der Waals surface area contributed by atoms with Crippen LogP contribution in [0.15, 0.2) is 48.5 Å². The molecule has 3 atom stereocenters. The lowest BCUT2D eigenvalue weighted by atomic mass is 10.0. The number of nitrogens with one attached hydrogen (secondary N) is 1. The second kappa shape index (κ2) is 8.76. The number of carbonyl (C=O) groups is 1. The summed E-state index contributed by atoms with van der Waals surface area (Å²) in [6.07, 6.45) is 1.42. The van der Waals surface area contributed by atoms with Gasteiger partial charge in [-0.25, -0.2) is 4.79 Å². The first kappa shape index (κ1) is 19.6. The smallest absolute Gasteiger partial charge is 0.410 e. The number of ether oxygens (including phenoxy) is 1. The maximum Gasteiger partial charge on any atom is 0.410 e. The van der Waals surface area contributed by atoms with Gasteiger partial charge in [0.1, 0.15) is 6.10 Å². The number of amides is 1. The molecule has 4 nitrogen and oxygen atoms in total. The summed E-state index contributed by atoms with van der Waals surface area (Å²) in [5.41, 5.74) is 3.56. The van der Waals surface area contributed by atoms with Crippen molar-refractivity contribution in [3.8, 4) is 0 Å². The molecule has 148 valence electrons. The summed E-state index contributed by atoms with van der Waals surface area (Å²) >= 11 is 8.06. The Labute approximate surface area is 175 Å². The van der Waals surface area contributed by atoms with E-state index in [1.165, 1.54) is 11.1 Å². The minimum absolute atomic E-state index is 0.0807. The summed E-state index contributed by atoms with van der Waals surface area (Å²) in [5.74, 6) is 1.06. The molecule has 0 aliphatic carbocycles. The predicted molar refractivity (Wildman–Crippen MR) is 115 cm³/mol. The van der Waals surface area contributed by atoms with Crippen molar-refractivity contribution in [1.29, 1.82) is 0 Å². The van der Waals surface area contributed by atoms with Gasteiger partial charge in [0.15, 0.2) is 0 Å². The fraction of sp³-hybridized carbons (Fsp3) is 0.409. The molecule has 28 heavy (non-hydrogen) atoms. The molecule has 2 saturated heterocycles. The van der Waals surface area contributed by atoms with E-state index in [1.54, 1.807) is 0 Å². The third-order valence-corrected chi connectivity index (χ3v) is 6.81. The highest BCUT2D eigenvalue weighted by atomic mass is 35.5. The van der Waals surface area contributed by atoms with Gasteiger partial charge in [-0.15, -0.1) is 11.8 Å². The standard InChI is InChI=1S/C22H25ClN2O2S/c1-15(9-16-5-7-17(8-6-16)10-20-12-24-14-28-20)25-13-21(27-22(25)26)18-3-2-4-19(23)11-18/h2-8,11,15,20-21,24H,9-10,12-14H2,1H3. The first-order valence-corrected chi connectivity index (χ1v) is 11.1. The number of rotatable bonds is 6. The zero-order valence-electron chi connectivity index (χ0n) is 15.9. The highest BCUT2D eigenvalue weighted by Gasteiger charge is 2.35. The molecule has 4 rings (SSSR count). The van der Waals surface area contributed by atoms with Crippen molar-refractivity contribution in [2.75, 3.05) is 19.0 Å². The van der Waals surface area contributed by atoms with Crippen LogP contribution in [-0.4, -0.2) is 41.3 Å². The molecule has 0 saturated carbocycles. The lowest BCUT2D eigenvalue weighted by Crippen LogP contribution is -2.35. The monoisotopic (exact) mass is 416 g/mol. The van der Waals surface area contributed by atoms with Crippen molar-refractivity contribution in [3.05, 3.63) is 70.2 Å². The van der Waals surface area contributed by atoms with Gasteiger partial charge >= 0.3 is 6.09 Å². The van der Waals surface area contributed by atoms with E-state index in [-0.39, 0.29) is 18.2 Å². The van der Waals surface area contributed by atoms with Gasteiger partial charge in [0.25, 0.3) is 0 Å². The van der Waals surface area contributed by atoms with Crippen LogP contribution in [0, 0.1) is 0 Å². The maximum absolute atomic E-state index is 12.4. The van der Waals surface area contributed by atoms with E-state index < -0.39 is 0 Å². The molecular weight excluding hydrogens is 392 g/mol. The van der Waals surface area contributed by atoms with Crippen molar-refractivity contribution in [1.82, 2.24) is 10.2 Å². The largest absolute Gasteiger partial charge is 0.439 e. The van der Waals surface area contributed by atoms with Gasteiger partial charge in [-0.05, 0) is 48.6 Å². The normalized spacial score (nSPS) is 23.1. The third kappa shape index (κ3) is 4.65. The number of nitrogens with zero attached hydrogens (tertiary/aromatic N) is 1. The van der Waals surface area contributed by atoms with Crippen LogP contribution < -0.4 is 5.32 Å². The molecule has 2 aliphatic rings. The zero-order valence-corrected chi connectivity index (χ0v) is 17.5. The van der Waals surface area contributed by atoms with Gasteiger partial charge < -0.3 is 15.0 Å². The summed E-state index contributed by atoms with van der Waals surface area (Å²) in [4.78, 5) is 14.2. The van der Waals surface area contributed by atoms with Gasteiger partial charge in [0.05, 0.1) is 6.54 Å². The van der Waals surface area contributed by atoms with Crippen molar-refractivity contribution >= 4 is 29.5 Å². The molecule has 0 aromatic heterocycles. The number of hydrogen-bond acceptors (Lipinski definition) is 4. The summed E-state index contributed by atoms with van der Waals surface area (Å²) in [6, 6.07) is 16.4. The molecule has 1 amide bonds. The van der Waals surface area contributed by atoms with E-state index in [0.717, 1.165) is 30.8 Å². The molecule has 0 radical (unpaired) electrons. The Morgan fingerprint density at radius 3 is 2.75 bits per heavy atom. The lowest BCUT2D eigenvalue weighted by molar-refractivity contribution is 0.129. The first-order valence-electron chi connectivity index (χ1n) is 9.71. The van der Waals surface area contributed by atoms with Crippen molar-refractivity contribution < 1.29 is 9.53 Å². The third-order valence-electron chi connectivity index (χ3n) is 5.40. The maximum atomic E-state index is 12.4. The Kier molecular flexibility index (Phi) is 6.14. The van der Waals surface area contributed by atoms with E-state index in [2.05, 4.69) is 36.5 Å². The number of carbonyl (C=O) groups excluding carboxylic acids is 1. The average Bonchev–Trinajstić information content (AvgIpc) is 3.33. The number of cyclic esters (lactones) is 1. The molecule has 2 fully saturated rings. The highest BCUT2D eigenvalue weighted by Crippen LogP contribution is 2.29. The van der Waals surface area contributed by atoms with Gasteiger partial charge in [-0.3, -0.25) is 0 Å². The van der Waals surface area contributed by atoms with Gasteiger partial charge in [0, 0.05) is 28.7 Å². The summed E-state index contributed by atoms with van der Waals surface area (Å²) in [7, 11) is 0. The second-order valence-electron chi connectivity index (χ2n) is 7.54. The zero-order chi connectivity index (χ0) is 19.5. The summed E-state index contributed by atoms with van der Waals surface area (Å²) in [6.45, 7) is 3.73. The minimum Gasteiger partial charge on any atom is -0.439 e. The Morgan fingerprint density at radius 1 is 1.25 bits per heavy atom. The van der Waals surface area contributed by atoms with Crippen LogP contribution in [0.2, 0.25) is 5.02 Å². The number of hydrogen-bond donors (Lipinski definition) is 1. The van der Waals surface area contributed by atoms with Crippen LogP contribution in [0.1, 0.15) is 29.7 Å². The topological polar surface area (TPSA) is 41.6 Å². The number of halogens is 1. The van der Waals surface area contributed by atoms with Crippen molar-refractivity contribution in [2.45, 2.75) is 37.2 Å². The second-order valence-corrected chi connectivity index (χ2v) is 9.27. The van der Waals surface area contributed by atoms with Gasteiger partial charge in [0.2, 0.25) is 0 Å². The molecule has 2 aliphatic heterocycles. The fourth-order valence-corrected chi connectivity index (χ4v) is 5.05. The minimum atomic E-state index is -0.256. The molecule has 3 unspecified atom stereocenters. The van der Waals surface area contributed by atoms with E-state index >= 15 is 0 Å². The molecule has 2 aromatic carbocycles. The quantitative estimate of drug-likeness (QED) is 0.743. The van der Waals surface area contributed by atoms with Gasteiger partial charge in [-0.1, -0.05) is 48.0 Å². The van der Waals surface area contributed by atoms with E-state index in [4.69, 9.17) is 16.3 Å². The molecular formula is C22H25ClN2O2S. The van der Waals surface area contributed by atoms with Crippen molar-refractivity contribution in [2.24, 2.45) is 0 Å². The first-order chi connectivity index (χ1) is 13.6. The van der Waals surface area contributed by atoms with Crippen LogP contribution in [0.4, 0.5) is 4.79 Å². The lowest BCUT2D eigenvalue weighted by Gasteiger charge is -2.22. The van der Waals surface area contributed by atoms with Crippen LogP contribution in [0.5, 0.6) is 0 Å². The fourth-order valence-electron chi connectivity index (χ4n) is 3.83. The van der Waals surface area contributed by atoms with Gasteiger partial charge in [-0.2, -0.15) is 0 Å². The van der Waals surface area contributed by atoms with Crippen LogP contribution in [0.25, 0.3) is 0 Å². The SMILES string of the molecule is CC(Cc1ccc(CC2CNCS2)cc1)N1CC(c2cccc(Cl)c2)OC1=O. The number of thioether (sulfide) groups is 1. The molecule has 0 bridgehead atoms. The summed E-state index contributed by atoms with van der Waals surface area (Å²) < 4.78 is 5.59. The van der Waals surface area contributed by atoms with E-state index in [9.17, 15) is 4.79 Å². The Bertz CT molecular complexity index is 824. The molecule has 6 heteroatoms. The van der Waals surface area contributed by atoms with Crippen LogP contribution >= 0.6 is 23.4 Å². The molecule has 2 aromatic rings. The Hall–Kier alpha value is -1.69. The van der Waals surface area contributed by atoms with E-state index in [0.29, 0.717) is 16.8 Å².